The monoisotopic (exact) mass is 220 g/mol. The summed E-state index contributed by atoms with van der Waals surface area (Å²) in [5.74, 6) is 0. The van der Waals surface area contributed by atoms with Gasteiger partial charge in [0.25, 0.3) is 0 Å². The second-order valence-electron chi connectivity index (χ2n) is 2.87. The van der Waals surface area contributed by atoms with Crippen LogP contribution in [0.3, 0.4) is 0 Å². The average Bonchev–Trinajstić information content (AvgIpc) is 2.19. The van der Waals surface area contributed by atoms with Crippen LogP contribution in [-0.2, 0) is 6.18 Å². The third-order valence-corrected chi connectivity index (χ3v) is 1.89. The molecule has 15 heavy (non-hydrogen) atoms. The summed E-state index contributed by atoms with van der Waals surface area (Å²) < 4.78 is 48.6. The van der Waals surface area contributed by atoms with E-state index >= 15 is 0 Å². The van der Waals surface area contributed by atoms with Crippen LogP contribution in [0, 0.1) is 0 Å². The number of rotatable bonds is 2. The fraction of sp³-hybridized carbons (Fsp3) is 0.200. The molecule has 0 amide bonds. The molecule has 82 valence electrons. The standard InChI is InChI=1S/C10H8F4O/c11-5-8(6-15)7-1-3-9(4-2-7)10(12,13)14/h1-5,15H,6H2. The lowest BCUT2D eigenvalue weighted by molar-refractivity contribution is -0.137. The molecule has 0 aliphatic carbocycles. The number of halogens is 4. The predicted molar refractivity (Wildman–Crippen MR) is 47.6 cm³/mol. The van der Waals surface area contributed by atoms with Gasteiger partial charge in [0.1, 0.15) is 0 Å². The minimum atomic E-state index is -4.41. The fourth-order valence-electron chi connectivity index (χ4n) is 1.06. The molecule has 0 bridgehead atoms. The zero-order valence-electron chi connectivity index (χ0n) is 7.55. The Morgan fingerprint density at radius 1 is 1.20 bits per heavy atom. The summed E-state index contributed by atoms with van der Waals surface area (Å²) in [6.07, 6.45) is -4.24. The second-order valence-corrected chi connectivity index (χ2v) is 2.87. The number of hydrogen-bond donors (Lipinski definition) is 1. The summed E-state index contributed by atoms with van der Waals surface area (Å²) in [7, 11) is 0. The van der Waals surface area contributed by atoms with Gasteiger partial charge in [-0.1, -0.05) is 12.1 Å². The van der Waals surface area contributed by atoms with Crippen LogP contribution in [0.5, 0.6) is 0 Å². The number of alkyl halides is 3. The molecule has 1 nitrogen and oxygen atoms in total. The van der Waals surface area contributed by atoms with E-state index in [1.165, 1.54) is 0 Å². The van der Waals surface area contributed by atoms with Crippen molar-refractivity contribution in [1.82, 2.24) is 0 Å². The third kappa shape index (κ3) is 2.79. The van der Waals surface area contributed by atoms with Crippen LogP contribution in [0.4, 0.5) is 17.6 Å². The van der Waals surface area contributed by atoms with Crippen LogP contribution in [-0.4, -0.2) is 11.7 Å². The Bertz CT molecular complexity index is 351. The molecule has 0 spiro atoms. The average molecular weight is 220 g/mol. The van der Waals surface area contributed by atoms with E-state index in [1.807, 2.05) is 0 Å². The van der Waals surface area contributed by atoms with E-state index in [0.717, 1.165) is 24.3 Å². The molecule has 0 saturated carbocycles. The minimum absolute atomic E-state index is 0.0521. The van der Waals surface area contributed by atoms with Crippen molar-refractivity contribution in [2.24, 2.45) is 0 Å². The van der Waals surface area contributed by atoms with Crippen LogP contribution >= 0.6 is 0 Å². The fourth-order valence-corrected chi connectivity index (χ4v) is 1.06. The van der Waals surface area contributed by atoms with E-state index in [2.05, 4.69) is 0 Å². The molecule has 5 heteroatoms. The van der Waals surface area contributed by atoms with Crippen LogP contribution in [0.1, 0.15) is 11.1 Å². The summed E-state index contributed by atoms with van der Waals surface area (Å²) in [5, 5.41) is 8.68. The summed E-state index contributed by atoms with van der Waals surface area (Å²) in [6, 6.07) is 3.91. The summed E-state index contributed by atoms with van der Waals surface area (Å²) in [6.45, 7) is -0.554. The van der Waals surface area contributed by atoms with E-state index in [0.29, 0.717) is 0 Å². The molecule has 0 aliphatic heterocycles. The van der Waals surface area contributed by atoms with Gasteiger partial charge in [-0.3, -0.25) is 0 Å². The Hall–Kier alpha value is -1.36. The van der Waals surface area contributed by atoms with Crippen molar-refractivity contribution in [2.75, 3.05) is 6.61 Å². The van der Waals surface area contributed by atoms with E-state index in [-0.39, 0.29) is 17.5 Å². The van der Waals surface area contributed by atoms with Crippen molar-refractivity contribution in [2.45, 2.75) is 6.18 Å². The SMILES string of the molecule is OCC(=CF)c1ccc(C(F)(F)F)cc1. The van der Waals surface area contributed by atoms with Gasteiger partial charge >= 0.3 is 6.18 Å². The Labute approximate surface area is 83.7 Å². The molecule has 0 atom stereocenters. The lowest BCUT2D eigenvalue weighted by Crippen LogP contribution is -2.04. The van der Waals surface area contributed by atoms with Crippen molar-refractivity contribution in [1.29, 1.82) is 0 Å². The quantitative estimate of drug-likeness (QED) is 0.759. The highest BCUT2D eigenvalue weighted by molar-refractivity contribution is 5.65. The van der Waals surface area contributed by atoms with Crippen molar-refractivity contribution in [3.05, 3.63) is 41.7 Å². The smallest absolute Gasteiger partial charge is 0.392 e. The molecule has 0 unspecified atom stereocenters. The maximum atomic E-state index is 12.1. The predicted octanol–water partition coefficient (Wildman–Crippen LogP) is 3.01. The Kier molecular flexibility index (Phi) is 3.47. The lowest BCUT2D eigenvalue weighted by atomic mass is 10.1. The summed E-state index contributed by atoms with van der Waals surface area (Å²) >= 11 is 0. The normalized spacial score (nSPS) is 13.0. The van der Waals surface area contributed by atoms with E-state index in [9.17, 15) is 17.6 Å². The largest absolute Gasteiger partial charge is 0.416 e. The highest BCUT2D eigenvalue weighted by atomic mass is 19.4. The number of benzene rings is 1. The van der Waals surface area contributed by atoms with Gasteiger partial charge < -0.3 is 5.11 Å². The summed E-state index contributed by atoms with van der Waals surface area (Å²) in [4.78, 5) is 0. The molecule has 0 radical (unpaired) electrons. The van der Waals surface area contributed by atoms with E-state index < -0.39 is 18.3 Å². The molecular formula is C10H8F4O. The van der Waals surface area contributed by atoms with Gasteiger partial charge in [0.05, 0.1) is 18.5 Å². The van der Waals surface area contributed by atoms with Gasteiger partial charge in [0.2, 0.25) is 0 Å². The van der Waals surface area contributed by atoms with Gasteiger partial charge in [-0.25, -0.2) is 4.39 Å². The number of aliphatic hydroxyl groups is 1. The van der Waals surface area contributed by atoms with Gasteiger partial charge in [0, 0.05) is 5.57 Å². The Morgan fingerprint density at radius 2 is 1.73 bits per heavy atom. The van der Waals surface area contributed by atoms with Crippen LogP contribution in [0.2, 0.25) is 0 Å². The maximum Gasteiger partial charge on any atom is 0.416 e. The van der Waals surface area contributed by atoms with Crippen molar-refractivity contribution < 1.29 is 22.7 Å². The van der Waals surface area contributed by atoms with Crippen LogP contribution in [0.15, 0.2) is 30.6 Å². The first kappa shape index (κ1) is 11.7. The van der Waals surface area contributed by atoms with Crippen molar-refractivity contribution >= 4 is 5.57 Å². The maximum absolute atomic E-state index is 12.1. The molecule has 0 heterocycles. The Morgan fingerprint density at radius 3 is 2.07 bits per heavy atom. The number of aliphatic hydroxyl groups excluding tert-OH is 1. The van der Waals surface area contributed by atoms with Gasteiger partial charge in [0.15, 0.2) is 0 Å². The van der Waals surface area contributed by atoms with Gasteiger partial charge in [-0.2, -0.15) is 13.2 Å². The molecule has 0 aliphatic rings. The van der Waals surface area contributed by atoms with Crippen LogP contribution in [0.25, 0.3) is 5.57 Å². The Balaban J connectivity index is 3.00. The molecule has 1 N–H and O–H groups in total. The van der Waals surface area contributed by atoms with E-state index in [1.54, 1.807) is 0 Å². The molecule has 1 aromatic carbocycles. The summed E-state index contributed by atoms with van der Waals surface area (Å²) in [5.41, 5.74) is -0.626. The number of hydrogen-bond acceptors (Lipinski definition) is 1. The molecular weight excluding hydrogens is 212 g/mol. The molecule has 0 aromatic heterocycles. The molecule has 1 rings (SSSR count). The molecule has 0 fully saturated rings. The minimum Gasteiger partial charge on any atom is -0.392 e. The zero-order valence-corrected chi connectivity index (χ0v) is 7.55. The first-order valence-electron chi connectivity index (χ1n) is 4.06. The first-order valence-corrected chi connectivity index (χ1v) is 4.06. The molecule has 1 aromatic rings. The lowest BCUT2D eigenvalue weighted by Gasteiger charge is -2.07. The van der Waals surface area contributed by atoms with Crippen LogP contribution < -0.4 is 0 Å². The topological polar surface area (TPSA) is 20.2 Å². The van der Waals surface area contributed by atoms with Gasteiger partial charge in [-0.15, -0.1) is 0 Å². The molecule has 0 saturated heterocycles. The first-order chi connectivity index (χ1) is 6.99. The van der Waals surface area contributed by atoms with Gasteiger partial charge in [-0.05, 0) is 17.7 Å². The zero-order chi connectivity index (χ0) is 11.5. The highest BCUT2D eigenvalue weighted by Crippen LogP contribution is 2.29. The highest BCUT2D eigenvalue weighted by Gasteiger charge is 2.29. The van der Waals surface area contributed by atoms with E-state index in [4.69, 9.17) is 5.11 Å². The van der Waals surface area contributed by atoms with Crippen molar-refractivity contribution in [3.63, 3.8) is 0 Å². The third-order valence-electron chi connectivity index (χ3n) is 1.89. The second kappa shape index (κ2) is 4.44. The van der Waals surface area contributed by atoms with Crippen molar-refractivity contribution in [3.8, 4) is 0 Å².